The Bertz CT molecular complexity index is 452. The highest BCUT2D eigenvalue weighted by Crippen LogP contribution is 2.47. The maximum Gasteiger partial charge on any atom is 0.193 e. The van der Waals surface area contributed by atoms with Gasteiger partial charge in [-0.25, -0.2) is 0 Å². The summed E-state index contributed by atoms with van der Waals surface area (Å²) in [7, 11) is 2.25. The predicted octanol–water partition coefficient (Wildman–Crippen LogP) is 2.16. The molecule has 5 unspecified atom stereocenters. The molecule has 24 heavy (non-hydrogen) atoms. The lowest BCUT2D eigenvalue weighted by Gasteiger charge is -2.26. The molecule has 3 saturated heterocycles. The van der Waals surface area contributed by atoms with Crippen molar-refractivity contribution in [2.24, 2.45) is 16.8 Å². The average Bonchev–Trinajstić information content (AvgIpc) is 2.99. The van der Waals surface area contributed by atoms with Gasteiger partial charge in [0.25, 0.3) is 0 Å². The minimum atomic E-state index is 0. The first-order chi connectivity index (χ1) is 11.2. The molecule has 5 atom stereocenters. The summed E-state index contributed by atoms with van der Waals surface area (Å²) in [6, 6.07) is 1.33. The van der Waals surface area contributed by atoms with Gasteiger partial charge in [-0.3, -0.25) is 9.89 Å². The van der Waals surface area contributed by atoms with Gasteiger partial charge in [-0.2, -0.15) is 0 Å². The molecule has 6 heteroatoms. The molecule has 1 N–H and O–H groups in total. The van der Waals surface area contributed by atoms with E-state index >= 15 is 0 Å². The molecule has 1 aliphatic carbocycles. The smallest absolute Gasteiger partial charge is 0.193 e. The van der Waals surface area contributed by atoms with Crippen LogP contribution in [0.4, 0.5) is 0 Å². The highest BCUT2D eigenvalue weighted by atomic mass is 127. The third kappa shape index (κ3) is 3.56. The van der Waals surface area contributed by atoms with Gasteiger partial charge in [0.05, 0.1) is 18.8 Å². The Morgan fingerprint density at radius 3 is 2.38 bits per heavy atom. The third-order valence-electron chi connectivity index (χ3n) is 6.41. The van der Waals surface area contributed by atoms with Gasteiger partial charge in [0.1, 0.15) is 0 Å². The number of ether oxygens (including phenoxy) is 1. The average molecular weight is 448 g/mol. The van der Waals surface area contributed by atoms with Gasteiger partial charge in [0.2, 0.25) is 0 Å². The zero-order valence-corrected chi connectivity index (χ0v) is 17.6. The number of nitrogens with one attached hydrogen (secondary N) is 1. The van der Waals surface area contributed by atoms with Gasteiger partial charge in [0.15, 0.2) is 5.96 Å². The highest BCUT2D eigenvalue weighted by molar-refractivity contribution is 14.0. The summed E-state index contributed by atoms with van der Waals surface area (Å²) in [4.78, 5) is 9.97. The van der Waals surface area contributed by atoms with E-state index in [-0.39, 0.29) is 24.0 Å². The maximum atomic E-state index is 6.10. The second kappa shape index (κ2) is 7.66. The Hall–Kier alpha value is -0.0800. The van der Waals surface area contributed by atoms with Crippen molar-refractivity contribution in [1.82, 2.24) is 15.1 Å². The van der Waals surface area contributed by atoms with Crippen molar-refractivity contribution in [3.05, 3.63) is 0 Å². The van der Waals surface area contributed by atoms with E-state index in [1.165, 1.54) is 25.7 Å². The molecule has 3 heterocycles. The molecule has 1 saturated carbocycles. The number of guanidine groups is 1. The summed E-state index contributed by atoms with van der Waals surface area (Å²) in [6.07, 6.45) is 6.33. The van der Waals surface area contributed by atoms with E-state index in [0.717, 1.165) is 50.0 Å². The van der Waals surface area contributed by atoms with E-state index in [1.807, 2.05) is 0 Å². The molecule has 0 aromatic heterocycles. The van der Waals surface area contributed by atoms with Gasteiger partial charge in [-0.15, -0.1) is 24.0 Å². The zero-order chi connectivity index (χ0) is 16.0. The van der Waals surface area contributed by atoms with Crippen molar-refractivity contribution in [2.75, 3.05) is 33.2 Å². The van der Waals surface area contributed by atoms with Crippen molar-refractivity contribution in [3.63, 3.8) is 0 Å². The van der Waals surface area contributed by atoms with E-state index in [4.69, 9.17) is 9.73 Å². The van der Waals surface area contributed by atoms with Gasteiger partial charge < -0.3 is 15.0 Å². The lowest BCUT2D eigenvalue weighted by atomic mass is 9.82. The second-order valence-corrected chi connectivity index (χ2v) is 7.96. The molecule has 138 valence electrons. The molecule has 0 aromatic carbocycles. The number of halogens is 1. The van der Waals surface area contributed by atoms with Crippen molar-refractivity contribution in [2.45, 2.75) is 63.8 Å². The second-order valence-electron chi connectivity index (χ2n) is 7.96. The molecule has 0 aromatic rings. The largest absolute Gasteiger partial charge is 0.374 e. The van der Waals surface area contributed by atoms with E-state index in [9.17, 15) is 0 Å². The first kappa shape index (κ1) is 18.7. The van der Waals surface area contributed by atoms with Gasteiger partial charge in [-0.1, -0.05) is 0 Å². The first-order valence-electron chi connectivity index (χ1n) is 9.58. The minimum Gasteiger partial charge on any atom is -0.374 e. The van der Waals surface area contributed by atoms with Crippen LogP contribution in [0.1, 0.15) is 39.5 Å². The van der Waals surface area contributed by atoms with Crippen LogP contribution in [0.5, 0.6) is 0 Å². The SMILES string of the molecule is CCNC(=NCC(C)N(C)C1CC1)N1CC2C3CCC(O3)C2C1.I. The van der Waals surface area contributed by atoms with Crippen molar-refractivity contribution in [3.8, 4) is 0 Å². The van der Waals surface area contributed by atoms with Crippen LogP contribution in [0.3, 0.4) is 0 Å². The van der Waals surface area contributed by atoms with Crippen LogP contribution in [-0.4, -0.2) is 73.3 Å². The molecule has 0 radical (unpaired) electrons. The molecule has 5 nitrogen and oxygen atoms in total. The Balaban J connectivity index is 0.00000169. The number of hydrogen-bond acceptors (Lipinski definition) is 3. The zero-order valence-electron chi connectivity index (χ0n) is 15.3. The molecule has 2 bridgehead atoms. The number of nitrogens with zero attached hydrogens (tertiary/aromatic N) is 3. The summed E-state index contributed by atoms with van der Waals surface area (Å²) in [6.45, 7) is 8.57. The van der Waals surface area contributed by atoms with Crippen molar-refractivity contribution >= 4 is 29.9 Å². The van der Waals surface area contributed by atoms with Gasteiger partial charge >= 0.3 is 0 Å². The van der Waals surface area contributed by atoms with E-state index in [1.54, 1.807) is 0 Å². The van der Waals surface area contributed by atoms with Crippen molar-refractivity contribution in [1.29, 1.82) is 0 Å². The molecule has 3 aliphatic heterocycles. The Morgan fingerprint density at radius 2 is 1.83 bits per heavy atom. The first-order valence-corrected chi connectivity index (χ1v) is 9.58. The fourth-order valence-corrected chi connectivity index (χ4v) is 4.75. The standard InChI is InChI=1S/C18H32N4O.HI/c1-4-19-18(20-9-12(2)21(3)13-5-6-13)22-10-14-15(11-22)17-8-7-16(14)23-17;/h12-17H,4-11H2,1-3H3,(H,19,20);1H. The van der Waals surface area contributed by atoms with Crippen LogP contribution in [-0.2, 0) is 4.74 Å². The molecule has 4 aliphatic rings. The van der Waals surface area contributed by atoms with Crippen molar-refractivity contribution < 1.29 is 4.74 Å². The third-order valence-corrected chi connectivity index (χ3v) is 6.41. The van der Waals surface area contributed by atoms with Crippen LogP contribution in [0.15, 0.2) is 4.99 Å². The Labute approximate surface area is 163 Å². The Morgan fingerprint density at radius 1 is 1.21 bits per heavy atom. The predicted molar refractivity (Wildman–Crippen MR) is 108 cm³/mol. The summed E-state index contributed by atoms with van der Waals surface area (Å²) >= 11 is 0. The number of rotatable bonds is 5. The van der Waals surface area contributed by atoms with Gasteiger partial charge in [-0.05, 0) is 46.6 Å². The minimum absolute atomic E-state index is 0. The normalized spacial score (nSPS) is 36.0. The summed E-state index contributed by atoms with van der Waals surface area (Å²) in [5.74, 6) is 2.60. The lowest BCUT2D eigenvalue weighted by molar-refractivity contribution is 0.0767. The lowest BCUT2D eigenvalue weighted by Crippen LogP contribution is -2.42. The summed E-state index contributed by atoms with van der Waals surface area (Å²) < 4.78 is 6.10. The van der Waals surface area contributed by atoms with E-state index < -0.39 is 0 Å². The van der Waals surface area contributed by atoms with E-state index in [2.05, 4.69) is 36.0 Å². The van der Waals surface area contributed by atoms with Crippen LogP contribution in [0.2, 0.25) is 0 Å². The number of likely N-dealkylation sites (N-methyl/N-ethyl adjacent to an activating group) is 1. The summed E-state index contributed by atoms with van der Waals surface area (Å²) in [5, 5.41) is 3.52. The van der Waals surface area contributed by atoms with Crippen LogP contribution in [0.25, 0.3) is 0 Å². The fraction of sp³-hybridized carbons (Fsp3) is 0.944. The Kier molecular flexibility index (Phi) is 5.97. The quantitative estimate of drug-likeness (QED) is 0.398. The topological polar surface area (TPSA) is 40.1 Å². The molecular formula is C18H33IN4O. The monoisotopic (exact) mass is 448 g/mol. The number of likely N-dealkylation sites (tertiary alicyclic amines) is 1. The molecule has 0 amide bonds. The van der Waals surface area contributed by atoms with Crippen LogP contribution in [0, 0.1) is 11.8 Å². The molecule has 4 fully saturated rings. The van der Waals surface area contributed by atoms with Gasteiger partial charge in [0, 0.05) is 43.6 Å². The fourth-order valence-electron chi connectivity index (χ4n) is 4.75. The highest BCUT2D eigenvalue weighted by Gasteiger charge is 2.53. The number of hydrogen-bond donors (Lipinski definition) is 1. The maximum absolute atomic E-state index is 6.10. The molecular weight excluding hydrogens is 415 g/mol. The van der Waals surface area contributed by atoms with Crippen LogP contribution < -0.4 is 5.32 Å². The van der Waals surface area contributed by atoms with E-state index in [0.29, 0.717) is 18.2 Å². The number of aliphatic imine (C=N–C) groups is 1. The number of fused-ring (bicyclic) bond motifs is 5. The molecule has 0 spiro atoms. The van der Waals surface area contributed by atoms with Crippen LogP contribution >= 0.6 is 24.0 Å². The summed E-state index contributed by atoms with van der Waals surface area (Å²) in [5.41, 5.74) is 0. The molecule has 4 rings (SSSR count).